The van der Waals surface area contributed by atoms with Crippen molar-refractivity contribution in [2.45, 2.75) is 77.9 Å². The zero-order valence-corrected chi connectivity index (χ0v) is 23.7. The molecule has 2 atom stereocenters. The van der Waals surface area contributed by atoms with Gasteiger partial charge in [-0.05, 0) is 49.9 Å². The first-order valence-electron chi connectivity index (χ1n) is 13.6. The van der Waals surface area contributed by atoms with Crippen LogP contribution in [0.15, 0.2) is 42.5 Å². The summed E-state index contributed by atoms with van der Waals surface area (Å²) in [6, 6.07) is 10.6. The summed E-state index contributed by atoms with van der Waals surface area (Å²) in [6.07, 6.45) is -0.745. The Morgan fingerprint density at radius 2 is 1.73 bits per heavy atom. The van der Waals surface area contributed by atoms with Crippen LogP contribution in [0, 0.1) is 13.8 Å². The van der Waals surface area contributed by atoms with E-state index in [9.17, 15) is 33.4 Å². The van der Waals surface area contributed by atoms with Gasteiger partial charge in [-0.15, -0.1) is 0 Å². The highest BCUT2D eigenvalue weighted by Gasteiger charge is 2.38. The molecule has 0 fully saturated rings. The number of carbonyl (C=O) groups is 3. The van der Waals surface area contributed by atoms with Crippen LogP contribution < -0.4 is 10.6 Å². The van der Waals surface area contributed by atoms with Gasteiger partial charge in [0.25, 0.3) is 17.7 Å². The Kier molecular flexibility index (Phi) is 12.5. The van der Waals surface area contributed by atoms with Gasteiger partial charge in [-0.3, -0.25) is 14.4 Å². The van der Waals surface area contributed by atoms with Crippen LogP contribution >= 0.6 is 0 Å². The van der Waals surface area contributed by atoms with Crippen LogP contribution in [0.3, 0.4) is 0 Å². The number of alkyl halides is 2. The minimum atomic E-state index is -3.28. The van der Waals surface area contributed by atoms with Crippen LogP contribution in [0.2, 0.25) is 0 Å². The topological polar surface area (TPSA) is 119 Å². The number of carbonyl (C=O) groups excluding carboxylic acids is 3. The molecular weight excluding hydrogens is 520 g/mol. The number of aliphatic hydroxyl groups is 1. The molecule has 2 rings (SSSR count). The number of hydrogen-bond donors (Lipinski definition) is 4. The number of nitrogens with zero attached hydrogens (tertiary/aromatic N) is 1. The quantitative estimate of drug-likeness (QED) is 0.246. The van der Waals surface area contributed by atoms with Gasteiger partial charge in [-0.2, -0.15) is 0 Å². The van der Waals surface area contributed by atoms with Gasteiger partial charge in [0.15, 0.2) is 6.10 Å². The van der Waals surface area contributed by atoms with E-state index >= 15 is 0 Å². The van der Waals surface area contributed by atoms with Crippen LogP contribution in [0.1, 0.15) is 66.6 Å². The fourth-order valence-corrected chi connectivity index (χ4v) is 4.36. The lowest BCUT2D eigenvalue weighted by Gasteiger charge is -2.32. The van der Waals surface area contributed by atoms with Gasteiger partial charge in [0.05, 0.1) is 19.1 Å². The van der Waals surface area contributed by atoms with Crippen LogP contribution in [-0.4, -0.2) is 70.5 Å². The zero-order valence-electron chi connectivity index (χ0n) is 23.7. The second-order valence-corrected chi connectivity index (χ2v) is 10.2. The minimum Gasteiger partial charge on any atom is -0.508 e. The number of phenolic OH excluding ortho intramolecular Hbond substituents is 1. The van der Waals surface area contributed by atoms with Crippen molar-refractivity contribution >= 4 is 17.7 Å². The van der Waals surface area contributed by atoms with Gasteiger partial charge in [0, 0.05) is 24.1 Å². The van der Waals surface area contributed by atoms with Gasteiger partial charge in [0.1, 0.15) is 5.75 Å². The Morgan fingerprint density at radius 1 is 1.05 bits per heavy atom. The smallest absolute Gasteiger partial charge is 0.265 e. The highest BCUT2D eigenvalue weighted by molar-refractivity contribution is 5.97. The molecule has 0 spiro atoms. The second kappa shape index (κ2) is 15.3. The molecule has 40 heavy (non-hydrogen) atoms. The van der Waals surface area contributed by atoms with E-state index in [0.29, 0.717) is 34.6 Å². The third-order valence-corrected chi connectivity index (χ3v) is 6.55. The molecule has 2 aromatic carbocycles. The lowest BCUT2D eigenvalue weighted by molar-refractivity contribution is -0.150. The molecule has 0 saturated heterocycles. The molecule has 0 heterocycles. The average Bonchev–Trinajstić information content (AvgIpc) is 2.89. The first-order valence-corrected chi connectivity index (χ1v) is 13.6. The Bertz CT molecular complexity index is 1140. The summed E-state index contributed by atoms with van der Waals surface area (Å²) in [5, 5.41) is 26.7. The third-order valence-electron chi connectivity index (χ3n) is 6.55. The van der Waals surface area contributed by atoms with Crippen LogP contribution in [-0.2, 0) is 16.0 Å². The van der Waals surface area contributed by atoms with Gasteiger partial charge in [-0.1, -0.05) is 57.0 Å². The van der Waals surface area contributed by atoms with E-state index < -0.39 is 55.3 Å². The largest absolute Gasteiger partial charge is 0.508 e. The highest BCUT2D eigenvalue weighted by atomic mass is 19.3. The van der Waals surface area contributed by atoms with Crippen molar-refractivity contribution in [3.63, 3.8) is 0 Å². The van der Waals surface area contributed by atoms with Gasteiger partial charge in [-0.25, -0.2) is 8.78 Å². The maximum absolute atomic E-state index is 14.7. The molecule has 8 nitrogen and oxygen atoms in total. The van der Waals surface area contributed by atoms with E-state index in [1.165, 1.54) is 6.07 Å². The molecule has 0 saturated carbocycles. The van der Waals surface area contributed by atoms with Crippen molar-refractivity contribution < 1.29 is 33.4 Å². The van der Waals surface area contributed by atoms with Crippen molar-refractivity contribution in [1.82, 2.24) is 15.5 Å². The van der Waals surface area contributed by atoms with E-state index in [4.69, 9.17) is 0 Å². The first kappa shape index (κ1) is 32.7. The van der Waals surface area contributed by atoms with Gasteiger partial charge < -0.3 is 25.7 Å². The van der Waals surface area contributed by atoms with E-state index in [0.717, 1.165) is 6.42 Å². The number of unbranched alkanes of at least 4 members (excludes halogenated alkanes) is 1. The summed E-state index contributed by atoms with van der Waals surface area (Å²) >= 11 is 0. The molecule has 0 aliphatic heterocycles. The molecule has 2 unspecified atom stereocenters. The predicted octanol–water partition coefficient (Wildman–Crippen LogP) is 3.89. The first-order chi connectivity index (χ1) is 18.9. The van der Waals surface area contributed by atoms with E-state index in [-0.39, 0.29) is 24.2 Å². The van der Waals surface area contributed by atoms with E-state index in [2.05, 4.69) is 10.6 Å². The molecule has 0 radical (unpaired) electrons. The Morgan fingerprint density at radius 3 is 2.35 bits per heavy atom. The lowest BCUT2D eigenvalue weighted by atomic mass is 9.98. The summed E-state index contributed by atoms with van der Waals surface area (Å²) in [4.78, 5) is 39.9. The predicted molar refractivity (Wildman–Crippen MR) is 149 cm³/mol. The molecule has 0 aliphatic carbocycles. The summed E-state index contributed by atoms with van der Waals surface area (Å²) in [5.74, 6) is -5.71. The summed E-state index contributed by atoms with van der Waals surface area (Å²) in [5.41, 5.74) is 1.77. The molecule has 2 aromatic rings. The van der Waals surface area contributed by atoms with Crippen LogP contribution in [0.5, 0.6) is 5.75 Å². The van der Waals surface area contributed by atoms with Crippen LogP contribution in [0.25, 0.3) is 0 Å². The standard InChI is InChI=1S/C30H41F2N3O5/c1-5-7-14-33-26(37)18-35(19-30(31,32)13-6-2)29(40)27(38)24(17-22-11-9-8-10-12-22)34-28(39)23-15-20(3)16-25(36)21(23)4/h8-12,15-16,24,27,36,38H,5-7,13-14,17-19H2,1-4H3,(H,33,37)(H,34,39). The number of benzene rings is 2. The minimum absolute atomic E-state index is 0.0121. The highest BCUT2D eigenvalue weighted by Crippen LogP contribution is 2.24. The molecule has 4 N–H and O–H groups in total. The van der Waals surface area contributed by atoms with Gasteiger partial charge in [0.2, 0.25) is 5.91 Å². The Labute approximate surface area is 234 Å². The Hall–Kier alpha value is -3.53. The maximum atomic E-state index is 14.7. The molecule has 10 heteroatoms. The number of aliphatic hydroxyl groups excluding tert-OH is 1. The van der Waals surface area contributed by atoms with E-state index in [1.807, 2.05) is 6.92 Å². The van der Waals surface area contributed by atoms with Crippen molar-refractivity contribution in [1.29, 1.82) is 0 Å². The van der Waals surface area contributed by atoms with Crippen molar-refractivity contribution in [3.05, 3.63) is 64.7 Å². The molecular formula is C30H41F2N3O5. The Balaban J connectivity index is 2.38. The number of aromatic hydroxyl groups is 1. The van der Waals surface area contributed by atoms with Crippen LogP contribution in [0.4, 0.5) is 8.78 Å². The summed E-state index contributed by atoms with van der Waals surface area (Å²) < 4.78 is 29.3. The normalized spacial score (nSPS) is 12.9. The molecule has 0 aromatic heterocycles. The van der Waals surface area contributed by atoms with Crippen molar-refractivity contribution in [2.75, 3.05) is 19.6 Å². The van der Waals surface area contributed by atoms with Crippen molar-refractivity contribution in [3.8, 4) is 5.75 Å². The number of rotatable bonds is 15. The fraction of sp³-hybridized carbons (Fsp3) is 0.500. The fourth-order valence-electron chi connectivity index (χ4n) is 4.36. The number of aryl methyl sites for hydroxylation is 1. The van der Waals surface area contributed by atoms with E-state index in [1.54, 1.807) is 57.2 Å². The number of phenols is 1. The molecule has 0 bridgehead atoms. The average molecular weight is 562 g/mol. The van der Waals surface area contributed by atoms with Crippen molar-refractivity contribution in [2.24, 2.45) is 0 Å². The monoisotopic (exact) mass is 561 g/mol. The lowest BCUT2D eigenvalue weighted by Crippen LogP contribution is -2.56. The summed E-state index contributed by atoms with van der Waals surface area (Å²) in [6.45, 7) is 5.42. The summed E-state index contributed by atoms with van der Waals surface area (Å²) in [7, 11) is 0. The number of nitrogens with one attached hydrogen (secondary N) is 2. The third kappa shape index (κ3) is 9.89. The zero-order chi connectivity index (χ0) is 29.9. The number of hydrogen-bond acceptors (Lipinski definition) is 5. The maximum Gasteiger partial charge on any atom is 0.265 e. The SMILES string of the molecule is CCCCNC(=O)CN(CC(F)(F)CCC)C(=O)C(O)C(Cc1ccccc1)NC(=O)c1cc(C)cc(O)c1C. The number of halogens is 2. The second-order valence-electron chi connectivity index (χ2n) is 10.2. The van der Waals surface area contributed by atoms with Gasteiger partial charge >= 0.3 is 0 Å². The molecule has 220 valence electrons. The molecule has 3 amide bonds. The molecule has 0 aliphatic rings. The number of amides is 3.